The molecule has 0 unspecified atom stereocenters. The highest BCUT2D eigenvalue weighted by atomic mass is 16.5. The van der Waals surface area contributed by atoms with Crippen LogP contribution in [0.5, 0.6) is 5.75 Å². The van der Waals surface area contributed by atoms with Gasteiger partial charge in [0.15, 0.2) is 0 Å². The molecule has 0 spiro atoms. The van der Waals surface area contributed by atoms with Crippen LogP contribution in [0.1, 0.15) is 49.7 Å². The Bertz CT molecular complexity index is 945. The minimum absolute atomic E-state index is 0.0601. The molecule has 2 N–H and O–H groups in total. The Hall–Kier alpha value is -3.23. The lowest BCUT2D eigenvalue weighted by Crippen LogP contribution is -2.15. The minimum Gasteiger partial charge on any atom is -0.496 e. The smallest absolute Gasteiger partial charge is 0.251 e. The first-order valence-corrected chi connectivity index (χ1v) is 9.41. The van der Waals surface area contributed by atoms with Crippen molar-refractivity contribution in [1.29, 1.82) is 0 Å². The number of ether oxygens (including phenoxy) is 1. The molecule has 0 atom stereocenters. The van der Waals surface area contributed by atoms with Gasteiger partial charge >= 0.3 is 0 Å². The number of para-hydroxylation sites is 1. The summed E-state index contributed by atoms with van der Waals surface area (Å²) in [6, 6.07) is 7.32. The third-order valence-electron chi connectivity index (χ3n) is 4.86. The monoisotopic (exact) mass is 382 g/mol. The van der Waals surface area contributed by atoms with Gasteiger partial charge in [0, 0.05) is 5.92 Å². The maximum absolute atomic E-state index is 12.3. The Labute approximate surface area is 161 Å². The number of nitrogens with one attached hydrogen (secondary N) is 2. The van der Waals surface area contributed by atoms with Crippen LogP contribution < -0.4 is 10.1 Å². The first-order valence-electron chi connectivity index (χ1n) is 9.41. The molecule has 1 fully saturated rings. The van der Waals surface area contributed by atoms with Gasteiger partial charge < -0.3 is 9.15 Å². The number of benzene rings is 1. The van der Waals surface area contributed by atoms with Gasteiger partial charge in [0.05, 0.1) is 12.7 Å². The van der Waals surface area contributed by atoms with Gasteiger partial charge in [-0.2, -0.15) is 4.98 Å². The summed E-state index contributed by atoms with van der Waals surface area (Å²) in [5.74, 6) is 2.33. The van der Waals surface area contributed by atoms with Crippen molar-refractivity contribution < 1.29 is 13.9 Å². The van der Waals surface area contributed by atoms with Gasteiger partial charge in [-0.15, -0.1) is 15.3 Å². The summed E-state index contributed by atoms with van der Waals surface area (Å²) in [6.45, 7) is 0. The molecule has 2 heterocycles. The number of H-pyrrole nitrogens is 1. The lowest BCUT2D eigenvalue weighted by molar-refractivity contribution is -0.115. The second kappa shape index (κ2) is 8.20. The number of carbonyl (C=O) groups is 1. The third-order valence-corrected chi connectivity index (χ3v) is 4.86. The second-order valence-corrected chi connectivity index (χ2v) is 6.81. The third kappa shape index (κ3) is 4.03. The number of aromatic nitrogens is 5. The molecular formula is C19H22N6O3. The normalized spacial score (nSPS) is 14.8. The van der Waals surface area contributed by atoms with Crippen LogP contribution in [0.25, 0.3) is 11.5 Å². The lowest BCUT2D eigenvalue weighted by Gasteiger charge is -2.18. The molecule has 0 aliphatic heterocycles. The van der Waals surface area contributed by atoms with Crippen LogP contribution in [0.2, 0.25) is 0 Å². The number of hydrogen-bond acceptors (Lipinski definition) is 7. The predicted octanol–water partition coefficient (Wildman–Crippen LogP) is 3.09. The molecule has 1 amide bonds. The lowest BCUT2D eigenvalue weighted by atomic mass is 9.89. The van der Waals surface area contributed by atoms with Crippen LogP contribution in [0.15, 0.2) is 28.7 Å². The number of nitrogens with zero attached hydrogens (tertiary/aromatic N) is 4. The summed E-state index contributed by atoms with van der Waals surface area (Å²) in [4.78, 5) is 16.7. The zero-order valence-electron chi connectivity index (χ0n) is 15.6. The zero-order valence-corrected chi connectivity index (χ0v) is 15.6. The van der Waals surface area contributed by atoms with Crippen LogP contribution in [0, 0.1) is 0 Å². The number of anilines is 1. The number of hydrogen-bond donors (Lipinski definition) is 2. The zero-order chi connectivity index (χ0) is 19.3. The SMILES string of the molecule is COc1ccccc1-c1nnc(CC(=O)Nc2n[nH]c(C3CCCCC3)n2)o1. The van der Waals surface area contributed by atoms with E-state index in [0.29, 0.717) is 23.1 Å². The predicted molar refractivity (Wildman–Crippen MR) is 101 cm³/mol. The van der Waals surface area contributed by atoms with E-state index in [0.717, 1.165) is 18.7 Å². The van der Waals surface area contributed by atoms with Gasteiger partial charge in [0.1, 0.15) is 18.0 Å². The van der Waals surface area contributed by atoms with Crippen molar-refractivity contribution in [3.05, 3.63) is 36.0 Å². The van der Waals surface area contributed by atoms with Gasteiger partial charge in [-0.3, -0.25) is 15.2 Å². The minimum atomic E-state index is -0.315. The maximum atomic E-state index is 12.3. The fourth-order valence-electron chi connectivity index (χ4n) is 3.45. The second-order valence-electron chi connectivity index (χ2n) is 6.81. The van der Waals surface area contributed by atoms with E-state index in [1.54, 1.807) is 13.2 Å². The van der Waals surface area contributed by atoms with E-state index in [1.807, 2.05) is 18.2 Å². The van der Waals surface area contributed by atoms with Crippen molar-refractivity contribution >= 4 is 11.9 Å². The first kappa shape index (κ1) is 18.1. The fraction of sp³-hybridized carbons (Fsp3) is 0.421. The summed E-state index contributed by atoms with van der Waals surface area (Å²) in [6.07, 6.45) is 5.84. The van der Waals surface area contributed by atoms with Gasteiger partial charge in [-0.05, 0) is 25.0 Å². The molecule has 28 heavy (non-hydrogen) atoms. The number of aromatic amines is 1. The van der Waals surface area contributed by atoms with Crippen LogP contribution in [0.3, 0.4) is 0 Å². The van der Waals surface area contributed by atoms with Crippen LogP contribution in [-0.4, -0.2) is 38.4 Å². The van der Waals surface area contributed by atoms with Crippen LogP contribution >= 0.6 is 0 Å². The molecular weight excluding hydrogens is 360 g/mol. The van der Waals surface area contributed by atoms with Crippen molar-refractivity contribution in [3.8, 4) is 17.2 Å². The first-order chi connectivity index (χ1) is 13.7. The van der Waals surface area contributed by atoms with Gasteiger partial charge in [-0.1, -0.05) is 31.4 Å². The molecule has 0 radical (unpaired) electrons. The molecule has 9 nitrogen and oxygen atoms in total. The molecule has 1 aliphatic carbocycles. The summed E-state index contributed by atoms with van der Waals surface area (Å²) < 4.78 is 10.9. The quantitative estimate of drug-likeness (QED) is 0.672. The molecule has 9 heteroatoms. The van der Waals surface area contributed by atoms with Crippen molar-refractivity contribution in [2.45, 2.75) is 44.4 Å². The number of methoxy groups -OCH3 is 1. The van der Waals surface area contributed by atoms with E-state index < -0.39 is 0 Å². The molecule has 2 aromatic heterocycles. The standard InChI is InChI=1S/C19H22N6O3/c1-27-14-10-6-5-9-13(14)18-24-22-16(28-18)11-15(26)20-19-21-17(23-25-19)12-7-3-2-4-8-12/h5-6,9-10,12H,2-4,7-8,11H2,1H3,(H2,20,21,23,25,26). The Kier molecular flexibility index (Phi) is 5.31. The van der Waals surface area contributed by atoms with E-state index in [1.165, 1.54) is 19.3 Å². The van der Waals surface area contributed by atoms with Crippen molar-refractivity contribution in [2.24, 2.45) is 0 Å². The summed E-state index contributed by atoms with van der Waals surface area (Å²) in [5.41, 5.74) is 0.676. The van der Waals surface area contributed by atoms with Gasteiger partial charge in [0.25, 0.3) is 5.89 Å². The molecule has 1 saturated carbocycles. The molecule has 146 valence electrons. The fourth-order valence-corrected chi connectivity index (χ4v) is 3.45. The number of rotatable bonds is 6. The van der Waals surface area contributed by atoms with Crippen LogP contribution in [-0.2, 0) is 11.2 Å². The van der Waals surface area contributed by atoms with Crippen molar-refractivity contribution in [2.75, 3.05) is 12.4 Å². The average molecular weight is 382 g/mol. The Morgan fingerprint density at radius 2 is 2.07 bits per heavy atom. The van der Waals surface area contributed by atoms with E-state index in [2.05, 4.69) is 30.7 Å². The summed E-state index contributed by atoms with van der Waals surface area (Å²) in [5, 5.41) is 17.7. The Morgan fingerprint density at radius 1 is 1.25 bits per heavy atom. The largest absolute Gasteiger partial charge is 0.496 e. The average Bonchev–Trinajstić information content (AvgIpc) is 3.38. The van der Waals surface area contributed by atoms with Gasteiger partial charge in [0.2, 0.25) is 17.7 Å². The molecule has 4 rings (SSSR count). The molecule has 0 saturated heterocycles. The van der Waals surface area contributed by atoms with E-state index in [9.17, 15) is 4.79 Å². The molecule has 1 aromatic carbocycles. The number of carbonyl (C=O) groups excluding carboxylic acids is 1. The molecule has 3 aromatic rings. The molecule has 1 aliphatic rings. The van der Waals surface area contributed by atoms with Crippen molar-refractivity contribution in [1.82, 2.24) is 25.4 Å². The highest BCUT2D eigenvalue weighted by molar-refractivity contribution is 5.90. The van der Waals surface area contributed by atoms with E-state index >= 15 is 0 Å². The maximum Gasteiger partial charge on any atom is 0.251 e. The van der Waals surface area contributed by atoms with Crippen molar-refractivity contribution in [3.63, 3.8) is 0 Å². The topological polar surface area (TPSA) is 119 Å². The summed E-state index contributed by atoms with van der Waals surface area (Å²) in [7, 11) is 1.57. The van der Waals surface area contributed by atoms with Gasteiger partial charge in [-0.25, -0.2) is 0 Å². The molecule has 0 bridgehead atoms. The number of amides is 1. The highest BCUT2D eigenvalue weighted by Gasteiger charge is 2.20. The summed E-state index contributed by atoms with van der Waals surface area (Å²) >= 11 is 0. The Balaban J connectivity index is 1.38. The van der Waals surface area contributed by atoms with E-state index in [-0.39, 0.29) is 24.2 Å². The Morgan fingerprint density at radius 3 is 2.89 bits per heavy atom. The highest BCUT2D eigenvalue weighted by Crippen LogP contribution is 2.31. The van der Waals surface area contributed by atoms with E-state index in [4.69, 9.17) is 9.15 Å². The van der Waals surface area contributed by atoms with Crippen LogP contribution in [0.4, 0.5) is 5.95 Å².